The number of hydrogen-bond acceptors (Lipinski definition) is 3. The molecule has 1 amide bonds. The quantitative estimate of drug-likeness (QED) is 0.490. The number of thioether (sulfide) groups is 1. The van der Waals surface area contributed by atoms with Crippen molar-refractivity contribution < 1.29 is 4.79 Å². The van der Waals surface area contributed by atoms with Gasteiger partial charge >= 0.3 is 0 Å². The van der Waals surface area contributed by atoms with E-state index < -0.39 is 0 Å². The van der Waals surface area contributed by atoms with Crippen LogP contribution in [0.2, 0.25) is 0 Å². The van der Waals surface area contributed by atoms with Crippen LogP contribution >= 0.6 is 11.8 Å². The standard InChI is InChI=1S/C20H24N2OS/c1-15(16-10-12-17(13-11-16)20(2,3)4)21-22-19(23)14-24-18-8-6-5-7-9-18/h5-13H,14H2,1-4H3,(H,22,23)/b21-15-. The third-order valence-corrected chi connectivity index (χ3v) is 4.64. The van der Waals surface area contributed by atoms with E-state index in [1.54, 1.807) is 0 Å². The molecule has 2 aromatic carbocycles. The van der Waals surface area contributed by atoms with Crippen LogP contribution < -0.4 is 5.43 Å². The van der Waals surface area contributed by atoms with Crippen LogP contribution in [-0.2, 0) is 10.2 Å². The van der Waals surface area contributed by atoms with Crippen LogP contribution in [0.1, 0.15) is 38.8 Å². The Hall–Kier alpha value is -2.07. The van der Waals surface area contributed by atoms with E-state index in [0.29, 0.717) is 5.75 Å². The van der Waals surface area contributed by atoms with Crippen LogP contribution in [0.4, 0.5) is 0 Å². The molecule has 0 heterocycles. The molecule has 0 aliphatic carbocycles. The first-order chi connectivity index (χ1) is 11.4. The van der Waals surface area contributed by atoms with Crippen molar-refractivity contribution in [1.29, 1.82) is 0 Å². The third-order valence-electron chi connectivity index (χ3n) is 3.63. The molecule has 2 aromatic rings. The van der Waals surface area contributed by atoms with Crippen LogP contribution in [0.25, 0.3) is 0 Å². The highest BCUT2D eigenvalue weighted by molar-refractivity contribution is 8.00. The van der Waals surface area contributed by atoms with E-state index in [0.717, 1.165) is 16.2 Å². The molecule has 0 aliphatic rings. The van der Waals surface area contributed by atoms with Crippen LogP contribution in [0.5, 0.6) is 0 Å². The second kappa shape index (κ2) is 8.15. The maximum absolute atomic E-state index is 11.9. The summed E-state index contributed by atoms with van der Waals surface area (Å²) in [4.78, 5) is 13.0. The number of hydrazone groups is 1. The molecule has 3 nitrogen and oxygen atoms in total. The number of benzene rings is 2. The van der Waals surface area contributed by atoms with E-state index in [2.05, 4.69) is 43.4 Å². The lowest BCUT2D eigenvalue weighted by Crippen LogP contribution is -2.21. The number of carbonyl (C=O) groups is 1. The predicted molar refractivity (Wildman–Crippen MR) is 103 cm³/mol. The maximum atomic E-state index is 11.9. The SMILES string of the molecule is C/C(=N/NC(=O)CSc1ccccc1)c1ccc(C(C)(C)C)cc1. The highest BCUT2D eigenvalue weighted by Gasteiger charge is 2.13. The fourth-order valence-electron chi connectivity index (χ4n) is 2.12. The molecule has 1 N–H and O–H groups in total. The van der Waals surface area contributed by atoms with Crippen molar-refractivity contribution in [2.45, 2.75) is 38.0 Å². The van der Waals surface area contributed by atoms with Crippen molar-refractivity contribution in [3.8, 4) is 0 Å². The fourth-order valence-corrected chi connectivity index (χ4v) is 2.83. The van der Waals surface area contributed by atoms with E-state index >= 15 is 0 Å². The monoisotopic (exact) mass is 340 g/mol. The topological polar surface area (TPSA) is 41.5 Å². The molecule has 0 saturated heterocycles. The molecule has 24 heavy (non-hydrogen) atoms. The van der Waals surface area contributed by atoms with Crippen molar-refractivity contribution in [1.82, 2.24) is 5.43 Å². The van der Waals surface area contributed by atoms with E-state index in [-0.39, 0.29) is 11.3 Å². The van der Waals surface area contributed by atoms with Crippen molar-refractivity contribution in [2.24, 2.45) is 5.10 Å². The van der Waals surface area contributed by atoms with Gasteiger partial charge in [0.15, 0.2) is 0 Å². The van der Waals surface area contributed by atoms with Gasteiger partial charge in [0.2, 0.25) is 5.91 Å². The minimum Gasteiger partial charge on any atom is -0.272 e. The molecule has 0 aliphatic heterocycles. The van der Waals surface area contributed by atoms with Gasteiger partial charge in [0.25, 0.3) is 0 Å². The highest BCUT2D eigenvalue weighted by atomic mass is 32.2. The first-order valence-corrected chi connectivity index (χ1v) is 8.97. The molecule has 2 rings (SSSR count). The van der Waals surface area contributed by atoms with Gasteiger partial charge in [-0.25, -0.2) is 5.43 Å². The molecule has 0 spiro atoms. The molecule has 4 heteroatoms. The van der Waals surface area contributed by atoms with E-state index in [1.165, 1.54) is 17.3 Å². The average molecular weight is 340 g/mol. The lowest BCUT2D eigenvalue weighted by atomic mass is 9.86. The van der Waals surface area contributed by atoms with Gasteiger partial charge < -0.3 is 0 Å². The van der Waals surface area contributed by atoms with Crippen LogP contribution in [0, 0.1) is 0 Å². The van der Waals surface area contributed by atoms with Crippen molar-refractivity contribution in [3.05, 3.63) is 65.7 Å². The summed E-state index contributed by atoms with van der Waals surface area (Å²) < 4.78 is 0. The molecule has 0 fully saturated rings. The Morgan fingerprint density at radius 3 is 2.25 bits per heavy atom. The number of nitrogens with one attached hydrogen (secondary N) is 1. The Morgan fingerprint density at radius 1 is 1.04 bits per heavy atom. The van der Waals surface area contributed by atoms with Crippen molar-refractivity contribution in [2.75, 3.05) is 5.75 Å². The molecule has 0 radical (unpaired) electrons. The second-order valence-corrected chi connectivity index (χ2v) is 7.71. The molecule has 0 aromatic heterocycles. The second-order valence-electron chi connectivity index (χ2n) is 6.66. The van der Waals surface area contributed by atoms with Gasteiger partial charge in [-0.15, -0.1) is 11.8 Å². The summed E-state index contributed by atoms with van der Waals surface area (Å²) in [7, 11) is 0. The molecule has 0 atom stereocenters. The Morgan fingerprint density at radius 2 is 1.67 bits per heavy atom. The number of carbonyl (C=O) groups excluding carboxylic acids is 1. The minimum absolute atomic E-state index is 0.102. The average Bonchev–Trinajstić information content (AvgIpc) is 2.58. The summed E-state index contributed by atoms with van der Waals surface area (Å²) in [6.07, 6.45) is 0. The van der Waals surface area contributed by atoms with Crippen molar-refractivity contribution in [3.63, 3.8) is 0 Å². The minimum atomic E-state index is -0.102. The van der Waals surface area contributed by atoms with Gasteiger partial charge in [-0.2, -0.15) is 5.10 Å². The third kappa shape index (κ3) is 5.53. The van der Waals surface area contributed by atoms with Crippen LogP contribution in [-0.4, -0.2) is 17.4 Å². The molecule has 126 valence electrons. The number of nitrogens with zero attached hydrogens (tertiary/aromatic N) is 1. The summed E-state index contributed by atoms with van der Waals surface area (Å²) in [5, 5.41) is 4.20. The van der Waals surface area contributed by atoms with Gasteiger partial charge in [0.05, 0.1) is 11.5 Å². The smallest absolute Gasteiger partial charge is 0.250 e. The molecule has 0 bridgehead atoms. The Bertz CT molecular complexity index is 701. The summed E-state index contributed by atoms with van der Waals surface area (Å²) in [6, 6.07) is 18.2. The zero-order valence-electron chi connectivity index (χ0n) is 14.7. The summed E-state index contributed by atoms with van der Waals surface area (Å²) in [6.45, 7) is 8.46. The number of rotatable bonds is 5. The number of hydrogen-bond donors (Lipinski definition) is 1. The van der Waals surface area contributed by atoms with Crippen molar-refractivity contribution >= 4 is 23.4 Å². The first-order valence-electron chi connectivity index (χ1n) is 7.98. The van der Waals surface area contributed by atoms with Crippen LogP contribution in [0.3, 0.4) is 0 Å². The highest BCUT2D eigenvalue weighted by Crippen LogP contribution is 2.22. The number of amides is 1. The molecular weight excluding hydrogens is 316 g/mol. The Balaban J connectivity index is 1.90. The molecular formula is C20H24N2OS. The van der Waals surface area contributed by atoms with E-state index in [1.807, 2.05) is 49.4 Å². The van der Waals surface area contributed by atoms with Gasteiger partial charge in [0.1, 0.15) is 0 Å². The normalized spacial score (nSPS) is 12.1. The molecule has 0 saturated carbocycles. The summed E-state index contributed by atoms with van der Waals surface area (Å²) >= 11 is 1.50. The largest absolute Gasteiger partial charge is 0.272 e. The summed E-state index contributed by atoms with van der Waals surface area (Å²) in [5.41, 5.74) is 5.85. The van der Waals surface area contributed by atoms with Gasteiger partial charge in [0, 0.05) is 4.90 Å². The van der Waals surface area contributed by atoms with Crippen LogP contribution in [0.15, 0.2) is 64.6 Å². The van der Waals surface area contributed by atoms with E-state index in [9.17, 15) is 4.79 Å². The predicted octanol–water partition coefficient (Wildman–Crippen LogP) is 4.62. The van der Waals surface area contributed by atoms with E-state index in [4.69, 9.17) is 0 Å². The van der Waals surface area contributed by atoms with Gasteiger partial charge in [-0.3, -0.25) is 4.79 Å². The Labute approximate surface area is 148 Å². The van der Waals surface area contributed by atoms with Gasteiger partial charge in [-0.1, -0.05) is 63.2 Å². The zero-order chi connectivity index (χ0) is 17.6. The molecule has 0 unspecified atom stereocenters. The fraction of sp³-hybridized carbons (Fsp3) is 0.300. The lowest BCUT2D eigenvalue weighted by Gasteiger charge is -2.19. The van der Waals surface area contributed by atoms with Gasteiger partial charge in [-0.05, 0) is 35.6 Å². The Kier molecular flexibility index (Phi) is 6.21. The maximum Gasteiger partial charge on any atom is 0.250 e. The zero-order valence-corrected chi connectivity index (χ0v) is 15.5. The first kappa shape index (κ1) is 18.3. The summed E-state index contributed by atoms with van der Waals surface area (Å²) in [5.74, 6) is 0.249. The lowest BCUT2D eigenvalue weighted by molar-refractivity contribution is -0.118.